The van der Waals surface area contributed by atoms with Crippen LogP contribution in [0.25, 0.3) is 0 Å². The Balaban J connectivity index is 1.92. The number of halogens is 1. The Morgan fingerprint density at radius 3 is 2.90 bits per heavy atom. The van der Waals surface area contributed by atoms with Crippen LogP contribution in [0, 0.1) is 0 Å². The van der Waals surface area contributed by atoms with Gasteiger partial charge in [0.1, 0.15) is 12.1 Å². The lowest BCUT2D eigenvalue weighted by molar-refractivity contribution is 0.0697. The number of aromatic nitrogens is 2. The van der Waals surface area contributed by atoms with E-state index in [9.17, 15) is 4.79 Å². The van der Waals surface area contributed by atoms with Crippen LogP contribution in [0.3, 0.4) is 0 Å². The van der Waals surface area contributed by atoms with Gasteiger partial charge in [0.05, 0.1) is 16.3 Å². The van der Waals surface area contributed by atoms with Gasteiger partial charge in [-0.3, -0.25) is 0 Å². The van der Waals surface area contributed by atoms with Crippen LogP contribution in [0.2, 0.25) is 5.02 Å². The van der Waals surface area contributed by atoms with Crippen molar-refractivity contribution in [2.45, 2.75) is 19.3 Å². The first-order chi connectivity index (χ1) is 9.65. The van der Waals surface area contributed by atoms with Crippen molar-refractivity contribution in [1.29, 1.82) is 0 Å². The maximum atomic E-state index is 10.9. The Hall–Kier alpha value is -2.14. The molecule has 1 aliphatic carbocycles. The lowest BCUT2D eigenvalue weighted by Gasteiger charge is -2.11. The van der Waals surface area contributed by atoms with Crippen molar-refractivity contribution in [3.63, 3.8) is 0 Å². The van der Waals surface area contributed by atoms with Gasteiger partial charge < -0.3 is 10.4 Å². The summed E-state index contributed by atoms with van der Waals surface area (Å²) < 4.78 is 0. The van der Waals surface area contributed by atoms with E-state index in [1.807, 2.05) is 0 Å². The minimum absolute atomic E-state index is 0.161. The smallest absolute Gasteiger partial charge is 0.335 e. The highest BCUT2D eigenvalue weighted by Crippen LogP contribution is 2.30. The fourth-order valence-corrected chi connectivity index (χ4v) is 2.57. The zero-order valence-electron chi connectivity index (χ0n) is 10.6. The molecule has 2 aromatic rings. The van der Waals surface area contributed by atoms with Gasteiger partial charge in [-0.25, -0.2) is 14.8 Å². The molecule has 1 heterocycles. The highest BCUT2D eigenvalue weighted by Gasteiger charge is 2.17. The molecule has 1 aromatic heterocycles. The lowest BCUT2D eigenvalue weighted by Crippen LogP contribution is -2.02. The molecule has 0 bridgehead atoms. The highest BCUT2D eigenvalue weighted by atomic mass is 35.5. The minimum Gasteiger partial charge on any atom is -0.478 e. The predicted molar refractivity (Wildman–Crippen MR) is 75.8 cm³/mol. The molecule has 1 aromatic carbocycles. The maximum absolute atomic E-state index is 10.9. The summed E-state index contributed by atoms with van der Waals surface area (Å²) >= 11 is 6.11. The Kier molecular flexibility index (Phi) is 3.28. The first-order valence-corrected chi connectivity index (χ1v) is 6.65. The minimum atomic E-state index is -0.999. The van der Waals surface area contributed by atoms with Gasteiger partial charge >= 0.3 is 5.97 Å². The lowest BCUT2D eigenvalue weighted by atomic mass is 10.2. The number of nitrogens with zero attached hydrogens (tertiary/aromatic N) is 2. The first-order valence-electron chi connectivity index (χ1n) is 6.28. The van der Waals surface area contributed by atoms with E-state index in [2.05, 4.69) is 15.3 Å². The van der Waals surface area contributed by atoms with E-state index in [-0.39, 0.29) is 5.56 Å². The van der Waals surface area contributed by atoms with Crippen molar-refractivity contribution in [3.05, 3.63) is 46.4 Å². The van der Waals surface area contributed by atoms with Crippen LogP contribution in [0.4, 0.5) is 11.5 Å². The molecule has 3 rings (SSSR count). The Morgan fingerprint density at radius 1 is 1.30 bits per heavy atom. The van der Waals surface area contributed by atoms with Crippen LogP contribution in [0.1, 0.15) is 28.0 Å². The average molecular weight is 290 g/mol. The third-order valence-electron chi connectivity index (χ3n) is 3.34. The number of hydrogen-bond donors (Lipinski definition) is 2. The zero-order chi connectivity index (χ0) is 14.1. The summed E-state index contributed by atoms with van der Waals surface area (Å²) in [5.41, 5.74) is 2.99. The second kappa shape index (κ2) is 5.09. The zero-order valence-corrected chi connectivity index (χ0v) is 11.3. The maximum Gasteiger partial charge on any atom is 0.335 e. The number of aromatic carboxylic acids is 1. The summed E-state index contributed by atoms with van der Waals surface area (Å²) in [6.45, 7) is 0. The fourth-order valence-electron chi connectivity index (χ4n) is 2.34. The van der Waals surface area contributed by atoms with Gasteiger partial charge in [-0.05, 0) is 37.5 Å². The van der Waals surface area contributed by atoms with E-state index in [0.717, 1.165) is 36.3 Å². The second-order valence-corrected chi connectivity index (χ2v) is 5.03. The van der Waals surface area contributed by atoms with Gasteiger partial charge in [0.15, 0.2) is 0 Å². The Labute approximate surface area is 120 Å². The molecule has 6 heteroatoms. The number of aryl methyl sites for hydroxylation is 1. The van der Waals surface area contributed by atoms with E-state index < -0.39 is 5.97 Å². The predicted octanol–water partition coefficient (Wildman–Crippen LogP) is 3.06. The number of benzene rings is 1. The number of nitrogens with one attached hydrogen (secondary N) is 1. The third-order valence-corrected chi connectivity index (χ3v) is 3.66. The van der Waals surface area contributed by atoms with Gasteiger partial charge in [0.2, 0.25) is 0 Å². The van der Waals surface area contributed by atoms with E-state index in [1.54, 1.807) is 6.07 Å². The molecule has 5 nitrogen and oxygen atoms in total. The quantitative estimate of drug-likeness (QED) is 0.908. The molecule has 0 fully saturated rings. The molecular weight excluding hydrogens is 278 g/mol. The normalized spacial score (nSPS) is 13.1. The van der Waals surface area contributed by atoms with Gasteiger partial charge in [0, 0.05) is 11.3 Å². The Morgan fingerprint density at radius 2 is 2.15 bits per heavy atom. The standard InChI is InChI=1S/C14H12ClN3O2/c15-10-6-8(14(19)20)4-5-12(10)18-13-9-2-1-3-11(9)16-7-17-13/h4-7H,1-3H2,(H,19,20)(H,16,17,18). The number of anilines is 2. The molecule has 0 saturated carbocycles. The molecule has 0 atom stereocenters. The summed E-state index contributed by atoms with van der Waals surface area (Å²) in [4.78, 5) is 19.4. The van der Waals surface area contributed by atoms with Crippen LogP contribution in [-0.4, -0.2) is 21.0 Å². The highest BCUT2D eigenvalue weighted by molar-refractivity contribution is 6.33. The largest absolute Gasteiger partial charge is 0.478 e. The monoisotopic (exact) mass is 289 g/mol. The van der Waals surface area contributed by atoms with Crippen molar-refractivity contribution in [2.75, 3.05) is 5.32 Å². The first kappa shape index (κ1) is 12.9. The number of fused-ring (bicyclic) bond motifs is 1. The molecule has 0 radical (unpaired) electrons. The molecule has 2 N–H and O–H groups in total. The second-order valence-electron chi connectivity index (χ2n) is 4.63. The van der Waals surface area contributed by atoms with Crippen LogP contribution in [0.5, 0.6) is 0 Å². The third kappa shape index (κ3) is 2.32. The molecule has 0 aliphatic heterocycles. The van der Waals surface area contributed by atoms with Crippen LogP contribution in [0.15, 0.2) is 24.5 Å². The molecule has 0 saturated heterocycles. The van der Waals surface area contributed by atoms with Crippen molar-refractivity contribution in [1.82, 2.24) is 9.97 Å². The van der Waals surface area contributed by atoms with Crippen LogP contribution < -0.4 is 5.32 Å². The number of hydrogen-bond acceptors (Lipinski definition) is 4. The van der Waals surface area contributed by atoms with Gasteiger partial charge in [0.25, 0.3) is 0 Å². The van der Waals surface area contributed by atoms with Crippen molar-refractivity contribution >= 4 is 29.1 Å². The van der Waals surface area contributed by atoms with Gasteiger partial charge in [-0.15, -0.1) is 0 Å². The number of carboxylic acids is 1. The fraction of sp³-hybridized carbons (Fsp3) is 0.214. The molecule has 0 amide bonds. The summed E-state index contributed by atoms with van der Waals surface area (Å²) in [7, 11) is 0. The summed E-state index contributed by atoms with van der Waals surface area (Å²) in [6.07, 6.45) is 4.53. The molecule has 1 aliphatic rings. The van der Waals surface area contributed by atoms with Crippen molar-refractivity contribution < 1.29 is 9.90 Å². The van der Waals surface area contributed by atoms with Crippen molar-refractivity contribution in [2.24, 2.45) is 0 Å². The molecule has 20 heavy (non-hydrogen) atoms. The summed E-state index contributed by atoms with van der Waals surface area (Å²) in [5, 5.41) is 12.4. The molecule has 0 unspecified atom stereocenters. The molecular formula is C14H12ClN3O2. The van der Waals surface area contributed by atoms with Gasteiger partial charge in [-0.1, -0.05) is 11.6 Å². The number of carboxylic acid groups (broad SMARTS) is 1. The average Bonchev–Trinajstić information content (AvgIpc) is 2.90. The number of carbonyl (C=O) groups is 1. The van der Waals surface area contributed by atoms with E-state index in [0.29, 0.717) is 10.7 Å². The van der Waals surface area contributed by atoms with Crippen LogP contribution in [-0.2, 0) is 12.8 Å². The summed E-state index contributed by atoms with van der Waals surface area (Å²) in [6, 6.07) is 4.58. The van der Waals surface area contributed by atoms with Crippen LogP contribution >= 0.6 is 11.6 Å². The SMILES string of the molecule is O=C(O)c1ccc(Nc2ncnc3c2CCC3)c(Cl)c1. The number of rotatable bonds is 3. The topological polar surface area (TPSA) is 75.1 Å². The van der Waals surface area contributed by atoms with Crippen molar-refractivity contribution in [3.8, 4) is 0 Å². The molecule has 0 spiro atoms. The Bertz CT molecular complexity index is 688. The van der Waals surface area contributed by atoms with E-state index in [1.165, 1.54) is 18.5 Å². The molecule has 102 valence electrons. The van der Waals surface area contributed by atoms with Gasteiger partial charge in [-0.2, -0.15) is 0 Å². The summed E-state index contributed by atoms with van der Waals surface area (Å²) in [5.74, 6) is -0.251. The van der Waals surface area contributed by atoms with E-state index >= 15 is 0 Å². The van der Waals surface area contributed by atoms with E-state index in [4.69, 9.17) is 16.7 Å².